The molecule has 0 aliphatic carbocycles. The number of hydrogen-bond donors (Lipinski definition) is 2. The molecular weight excluding hydrogens is 326 g/mol. The molecule has 0 spiro atoms. The summed E-state index contributed by atoms with van der Waals surface area (Å²) >= 11 is 6.92. The zero-order chi connectivity index (χ0) is 14.8. The lowest BCUT2D eigenvalue weighted by molar-refractivity contribution is -0.137. The van der Waals surface area contributed by atoms with E-state index in [4.69, 9.17) is 16.7 Å². The first-order valence-corrected chi connectivity index (χ1v) is 8.28. The van der Waals surface area contributed by atoms with Crippen molar-refractivity contribution in [3.63, 3.8) is 0 Å². The number of rotatable bonds is 6. The Kier molecular flexibility index (Phi) is 4.41. The molecule has 0 saturated heterocycles. The van der Waals surface area contributed by atoms with Crippen LogP contribution in [0.3, 0.4) is 0 Å². The van der Waals surface area contributed by atoms with Gasteiger partial charge >= 0.3 is 5.97 Å². The summed E-state index contributed by atoms with van der Waals surface area (Å²) in [5, 5.41) is 8.72. The van der Waals surface area contributed by atoms with Crippen LogP contribution in [0, 0.1) is 0 Å². The first-order chi connectivity index (χ1) is 9.39. The fourth-order valence-corrected chi connectivity index (χ4v) is 3.49. The first-order valence-electron chi connectivity index (χ1n) is 5.52. The molecule has 2 N–H and O–H groups in total. The molecule has 0 radical (unpaired) electrons. The number of carbonyl (C=O) groups is 1. The average molecular weight is 336 g/mol. The van der Waals surface area contributed by atoms with Crippen molar-refractivity contribution in [2.45, 2.75) is 12.8 Å². The monoisotopic (exact) mass is 335 g/mol. The van der Waals surface area contributed by atoms with Gasteiger partial charge in [0.05, 0.1) is 28.2 Å². The van der Waals surface area contributed by atoms with E-state index < -0.39 is 16.0 Å². The Morgan fingerprint density at radius 3 is 2.85 bits per heavy atom. The van der Waals surface area contributed by atoms with E-state index in [0.29, 0.717) is 11.0 Å². The lowest BCUT2D eigenvalue weighted by Gasteiger charge is -2.09. The summed E-state index contributed by atoms with van der Waals surface area (Å²) in [5.41, 5.74) is 1.10. The maximum atomic E-state index is 11.9. The van der Waals surface area contributed by atoms with Gasteiger partial charge in [0, 0.05) is 6.42 Å². The number of carboxylic acids is 1. The summed E-state index contributed by atoms with van der Waals surface area (Å²) in [6, 6.07) is 3.17. The Hall–Kier alpha value is -1.45. The highest BCUT2D eigenvalue weighted by atomic mass is 35.5. The van der Waals surface area contributed by atoms with E-state index in [1.54, 1.807) is 6.07 Å². The average Bonchev–Trinajstić information content (AvgIpc) is 2.80. The van der Waals surface area contributed by atoms with Crippen LogP contribution >= 0.6 is 23.3 Å². The third-order valence-corrected chi connectivity index (χ3v) is 4.64. The number of aliphatic carboxylic acids is 1. The number of aromatic nitrogens is 2. The molecule has 0 aliphatic rings. The first kappa shape index (κ1) is 14.9. The number of nitrogens with one attached hydrogen (secondary N) is 1. The van der Waals surface area contributed by atoms with E-state index >= 15 is 0 Å². The number of benzene rings is 1. The standard InChI is InChI=1S/C10H10ClN3O4S2/c11-6-3-4-7-10(13-19-12-7)9(6)14-20(17,18)5-1-2-8(15)16/h3-4,14H,1-2,5H2,(H,15,16). The lowest BCUT2D eigenvalue weighted by atomic mass is 10.3. The van der Waals surface area contributed by atoms with Gasteiger partial charge in [-0.05, 0) is 18.6 Å². The number of fused-ring (bicyclic) bond motifs is 1. The summed E-state index contributed by atoms with van der Waals surface area (Å²) in [4.78, 5) is 10.4. The van der Waals surface area contributed by atoms with E-state index in [2.05, 4.69) is 13.5 Å². The Morgan fingerprint density at radius 1 is 1.40 bits per heavy atom. The van der Waals surface area contributed by atoms with Crippen LogP contribution in [0.1, 0.15) is 12.8 Å². The molecule has 2 rings (SSSR count). The van der Waals surface area contributed by atoms with Crippen LogP contribution in [0.15, 0.2) is 12.1 Å². The second kappa shape index (κ2) is 5.90. The lowest BCUT2D eigenvalue weighted by Crippen LogP contribution is -2.18. The van der Waals surface area contributed by atoms with Crippen molar-refractivity contribution >= 4 is 56.0 Å². The van der Waals surface area contributed by atoms with Gasteiger partial charge in [-0.1, -0.05) is 11.6 Å². The summed E-state index contributed by atoms with van der Waals surface area (Å²) in [7, 11) is -3.68. The van der Waals surface area contributed by atoms with Gasteiger partial charge < -0.3 is 5.11 Å². The highest BCUT2D eigenvalue weighted by Crippen LogP contribution is 2.30. The molecular formula is C10H10ClN3O4S2. The van der Waals surface area contributed by atoms with Crippen LogP contribution in [-0.2, 0) is 14.8 Å². The molecule has 1 aromatic carbocycles. The van der Waals surface area contributed by atoms with Crippen molar-refractivity contribution in [2.75, 3.05) is 10.5 Å². The highest BCUT2D eigenvalue weighted by Gasteiger charge is 2.17. The minimum absolute atomic E-state index is 0.0214. The number of anilines is 1. The SMILES string of the molecule is O=C(O)CCCS(=O)(=O)Nc1c(Cl)ccc2nsnc12. The van der Waals surface area contributed by atoms with Crippen LogP contribution in [0.5, 0.6) is 0 Å². The number of hydrogen-bond acceptors (Lipinski definition) is 6. The zero-order valence-corrected chi connectivity index (χ0v) is 12.4. The second-order valence-electron chi connectivity index (χ2n) is 3.97. The summed E-state index contributed by atoms with van der Waals surface area (Å²) in [6.07, 6.45) is -0.190. The maximum absolute atomic E-state index is 11.9. The molecule has 0 unspecified atom stereocenters. The van der Waals surface area contributed by atoms with Crippen LogP contribution in [0.4, 0.5) is 5.69 Å². The van der Waals surface area contributed by atoms with E-state index in [9.17, 15) is 13.2 Å². The van der Waals surface area contributed by atoms with Crippen molar-refractivity contribution in [3.05, 3.63) is 17.2 Å². The fraction of sp³-hybridized carbons (Fsp3) is 0.300. The van der Waals surface area contributed by atoms with Crippen molar-refractivity contribution in [2.24, 2.45) is 0 Å². The summed E-state index contributed by atoms with van der Waals surface area (Å²) in [5.74, 6) is -1.34. The molecule has 0 aliphatic heterocycles. The van der Waals surface area contributed by atoms with E-state index in [1.807, 2.05) is 0 Å². The molecule has 108 valence electrons. The van der Waals surface area contributed by atoms with Gasteiger partial charge in [-0.15, -0.1) is 0 Å². The maximum Gasteiger partial charge on any atom is 0.303 e. The predicted molar refractivity (Wildman–Crippen MR) is 76.7 cm³/mol. The Balaban J connectivity index is 2.20. The van der Waals surface area contributed by atoms with Crippen LogP contribution in [0.25, 0.3) is 11.0 Å². The Morgan fingerprint density at radius 2 is 2.15 bits per heavy atom. The van der Waals surface area contributed by atoms with Gasteiger partial charge in [0.25, 0.3) is 0 Å². The molecule has 0 atom stereocenters. The third kappa shape index (κ3) is 3.56. The summed E-state index contributed by atoms with van der Waals surface area (Å²) in [6.45, 7) is 0. The van der Waals surface area contributed by atoms with Gasteiger partial charge in [0.2, 0.25) is 10.0 Å². The van der Waals surface area contributed by atoms with Crippen LogP contribution in [0.2, 0.25) is 5.02 Å². The van der Waals surface area contributed by atoms with Crippen molar-refractivity contribution in [1.29, 1.82) is 0 Å². The number of halogens is 1. The van der Waals surface area contributed by atoms with Crippen LogP contribution in [-0.4, -0.2) is 34.0 Å². The fourth-order valence-electron chi connectivity index (χ4n) is 1.54. The van der Waals surface area contributed by atoms with Gasteiger partial charge in [0.1, 0.15) is 11.0 Å². The van der Waals surface area contributed by atoms with Crippen molar-refractivity contribution in [1.82, 2.24) is 8.75 Å². The largest absolute Gasteiger partial charge is 0.481 e. The van der Waals surface area contributed by atoms with E-state index in [-0.39, 0.29) is 29.3 Å². The Bertz CT molecular complexity index is 744. The van der Waals surface area contributed by atoms with Crippen molar-refractivity contribution in [3.8, 4) is 0 Å². The van der Waals surface area contributed by atoms with E-state index in [1.165, 1.54) is 6.07 Å². The Labute approximate surface area is 124 Å². The topological polar surface area (TPSA) is 109 Å². The quantitative estimate of drug-likeness (QED) is 0.835. The molecule has 0 bridgehead atoms. The second-order valence-corrected chi connectivity index (χ2v) is 6.75. The minimum Gasteiger partial charge on any atom is -0.481 e. The van der Waals surface area contributed by atoms with Gasteiger partial charge in [-0.3, -0.25) is 9.52 Å². The predicted octanol–water partition coefficient (Wildman–Crippen LogP) is 1.95. The molecule has 1 aromatic heterocycles. The molecule has 2 aromatic rings. The van der Waals surface area contributed by atoms with Crippen LogP contribution < -0.4 is 4.72 Å². The number of carboxylic acid groups (broad SMARTS) is 1. The van der Waals surface area contributed by atoms with Crippen molar-refractivity contribution < 1.29 is 18.3 Å². The molecule has 1 heterocycles. The normalized spacial score (nSPS) is 11.7. The van der Waals surface area contributed by atoms with E-state index in [0.717, 1.165) is 11.7 Å². The smallest absolute Gasteiger partial charge is 0.303 e. The van der Waals surface area contributed by atoms with Gasteiger partial charge in [-0.25, -0.2) is 8.42 Å². The number of sulfonamides is 1. The molecule has 7 nitrogen and oxygen atoms in total. The van der Waals surface area contributed by atoms with Gasteiger partial charge in [0.15, 0.2) is 0 Å². The molecule has 0 fully saturated rings. The molecule has 0 saturated carbocycles. The third-order valence-electron chi connectivity index (χ3n) is 2.44. The molecule has 0 amide bonds. The highest BCUT2D eigenvalue weighted by molar-refractivity contribution is 7.92. The molecule has 10 heteroatoms. The minimum atomic E-state index is -3.68. The number of nitrogens with zero attached hydrogens (tertiary/aromatic N) is 2. The molecule has 20 heavy (non-hydrogen) atoms. The zero-order valence-electron chi connectivity index (χ0n) is 10.0. The summed E-state index contributed by atoms with van der Waals surface area (Å²) < 4.78 is 34.1. The van der Waals surface area contributed by atoms with Gasteiger partial charge in [-0.2, -0.15) is 8.75 Å².